The molecule has 0 bridgehead atoms. The van der Waals surface area contributed by atoms with Gasteiger partial charge in [-0.05, 0) is 23.3 Å². The van der Waals surface area contributed by atoms with E-state index in [-0.39, 0.29) is 30.0 Å². The number of amides is 1. The number of rotatable bonds is 1. The first kappa shape index (κ1) is 22.6. The van der Waals surface area contributed by atoms with E-state index in [0.29, 0.717) is 17.7 Å². The Kier molecular flexibility index (Phi) is 5.25. The predicted octanol–water partition coefficient (Wildman–Crippen LogP) is 3.57. The topological polar surface area (TPSA) is 98.4 Å². The molecule has 0 radical (unpaired) electrons. The number of oxime groups is 1. The number of aromatic nitrogens is 1. The summed E-state index contributed by atoms with van der Waals surface area (Å²) in [6, 6.07) is 10.5. The number of benzene rings is 2. The van der Waals surface area contributed by atoms with E-state index in [0.717, 1.165) is 22.6 Å². The van der Waals surface area contributed by atoms with Crippen LogP contribution in [0.15, 0.2) is 63.5 Å². The maximum atomic E-state index is 15.1. The number of pyridine rings is 1. The van der Waals surface area contributed by atoms with Crippen molar-refractivity contribution in [1.29, 1.82) is 0 Å². The van der Waals surface area contributed by atoms with E-state index >= 15 is 4.39 Å². The molecular formula is C25H20F2N4O4S. The van der Waals surface area contributed by atoms with Crippen LogP contribution in [0, 0.1) is 11.6 Å². The van der Waals surface area contributed by atoms with Gasteiger partial charge in [0.15, 0.2) is 23.1 Å². The van der Waals surface area contributed by atoms with Gasteiger partial charge in [0.1, 0.15) is 6.17 Å². The molecule has 0 saturated carbocycles. The van der Waals surface area contributed by atoms with E-state index < -0.39 is 40.9 Å². The van der Waals surface area contributed by atoms with Crippen molar-refractivity contribution in [3.63, 3.8) is 0 Å². The van der Waals surface area contributed by atoms with Crippen molar-refractivity contribution in [2.45, 2.75) is 35.7 Å². The van der Waals surface area contributed by atoms with Crippen molar-refractivity contribution < 1.29 is 23.9 Å². The Balaban J connectivity index is 1.68. The average Bonchev–Trinajstić information content (AvgIpc) is 3.05. The number of hydrogen-bond donors (Lipinski definition) is 2. The minimum atomic E-state index is -0.955. The van der Waals surface area contributed by atoms with E-state index in [9.17, 15) is 24.3 Å². The number of carbonyl (C=O) groups is 1. The van der Waals surface area contributed by atoms with Crippen molar-refractivity contribution in [1.82, 2.24) is 9.58 Å². The second-order valence-corrected chi connectivity index (χ2v) is 9.88. The highest BCUT2D eigenvalue weighted by Gasteiger charge is 2.46. The molecule has 3 aliphatic rings. The number of piperidine rings is 1. The second kappa shape index (κ2) is 8.37. The van der Waals surface area contributed by atoms with Crippen molar-refractivity contribution in [3.05, 3.63) is 92.9 Å². The van der Waals surface area contributed by atoms with Gasteiger partial charge in [-0.1, -0.05) is 29.4 Å². The van der Waals surface area contributed by atoms with Gasteiger partial charge in [0, 0.05) is 47.9 Å². The fourth-order valence-electron chi connectivity index (χ4n) is 5.32. The first-order chi connectivity index (χ1) is 17.4. The molecule has 6 rings (SSSR count). The molecule has 0 spiro atoms. The van der Waals surface area contributed by atoms with Crippen molar-refractivity contribution >= 4 is 23.4 Å². The molecule has 184 valence electrons. The Morgan fingerprint density at radius 2 is 1.86 bits per heavy atom. The maximum Gasteiger partial charge on any atom is 0.278 e. The van der Waals surface area contributed by atoms with Crippen LogP contribution in [0.2, 0.25) is 0 Å². The minimum absolute atomic E-state index is 0.180. The quantitative estimate of drug-likeness (QED) is 0.384. The Labute approximate surface area is 208 Å². The SMILES string of the molecule is O=C1c2c(O)c(=O)ccn2N([C@@H]2c3ccccc3SCc3c2ccc(F)c3F)[C@@H]2C/C(=N/O)CCN12. The Hall–Kier alpha value is -3.86. The van der Waals surface area contributed by atoms with Crippen LogP contribution in [-0.4, -0.2) is 44.2 Å². The summed E-state index contributed by atoms with van der Waals surface area (Å²) >= 11 is 1.38. The number of fused-ring (bicyclic) bond motifs is 4. The fourth-order valence-corrected chi connectivity index (χ4v) is 6.44. The highest BCUT2D eigenvalue weighted by molar-refractivity contribution is 7.98. The summed E-state index contributed by atoms with van der Waals surface area (Å²) in [5, 5.41) is 25.4. The van der Waals surface area contributed by atoms with E-state index in [1.54, 1.807) is 5.01 Å². The van der Waals surface area contributed by atoms with Crippen LogP contribution < -0.4 is 10.4 Å². The summed E-state index contributed by atoms with van der Waals surface area (Å²) in [6.07, 6.45) is 1.21. The third-order valence-corrected chi connectivity index (χ3v) is 8.13. The molecular weight excluding hydrogens is 490 g/mol. The van der Waals surface area contributed by atoms with Crippen LogP contribution in [-0.2, 0) is 5.75 Å². The molecule has 4 heterocycles. The predicted molar refractivity (Wildman–Crippen MR) is 128 cm³/mol. The normalized spacial score (nSPS) is 21.9. The largest absolute Gasteiger partial charge is 0.502 e. The van der Waals surface area contributed by atoms with E-state index in [4.69, 9.17) is 0 Å². The molecule has 0 aliphatic carbocycles. The summed E-state index contributed by atoms with van der Waals surface area (Å²) in [7, 11) is 0. The van der Waals surface area contributed by atoms with E-state index in [1.807, 2.05) is 24.3 Å². The van der Waals surface area contributed by atoms with Gasteiger partial charge in [-0.15, -0.1) is 11.8 Å². The molecule has 2 N–H and O–H groups in total. The molecule has 1 fully saturated rings. The van der Waals surface area contributed by atoms with Crippen LogP contribution in [0.4, 0.5) is 8.78 Å². The molecule has 3 aliphatic heterocycles. The lowest BCUT2D eigenvalue weighted by molar-refractivity contribution is 0.0539. The highest BCUT2D eigenvalue weighted by Crippen LogP contribution is 2.45. The minimum Gasteiger partial charge on any atom is -0.502 e. The van der Waals surface area contributed by atoms with Crippen molar-refractivity contribution in [3.8, 4) is 5.75 Å². The summed E-state index contributed by atoms with van der Waals surface area (Å²) in [5.74, 6) is -2.92. The zero-order valence-corrected chi connectivity index (χ0v) is 19.6. The highest BCUT2D eigenvalue weighted by atomic mass is 32.2. The van der Waals surface area contributed by atoms with Crippen LogP contribution in [0.3, 0.4) is 0 Å². The molecule has 2 atom stereocenters. The lowest BCUT2D eigenvalue weighted by Crippen LogP contribution is -2.64. The number of carbonyl (C=O) groups excluding carboxylic acids is 1. The van der Waals surface area contributed by atoms with Crippen molar-refractivity contribution in [2.24, 2.45) is 5.16 Å². The molecule has 0 unspecified atom stereocenters. The molecule has 11 heteroatoms. The summed E-state index contributed by atoms with van der Waals surface area (Å²) in [5.41, 5.74) is 1.05. The Bertz CT molecular complexity index is 1510. The third-order valence-electron chi connectivity index (χ3n) is 7.01. The van der Waals surface area contributed by atoms with Crippen molar-refractivity contribution in [2.75, 3.05) is 11.6 Å². The monoisotopic (exact) mass is 510 g/mol. The van der Waals surface area contributed by atoms with E-state index in [2.05, 4.69) is 5.16 Å². The van der Waals surface area contributed by atoms with Gasteiger partial charge in [-0.3, -0.25) is 19.3 Å². The average molecular weight is 511 g/mol. The van der Waals surface area contributed by atoms with E-state index in [1.165, 1.54) is 33.6 Å². The lowest BCUT2D eigenvalue weighted by atomic mass is 9.91. The number of hydrogen-bond acceptors (Lipinski definition) is 7. The van der Waals surface area contributed by atoms with Crippen LogP contribution in [0.25, 0.3) is 0 Å². The maximum absolute atomic E-state index is 15.1. The van der Waals surface area contributed by atoms with Gasteiger partial charge in [0.25, 0.3) is 5.91 Å². The van der Waals surface area contributed by atoms with Gasteiger partial charge in [-0.2, -0.15) is 0 Å². The van der Waals surface area contributed by atoms with Crippen LogP contribution in [0.5, 0.6) is 5.75 Å². The van der Waals surface area contributed by atoms with Crippen LogP contribution in [0.1, 0.15) is 46.1 Å². The molecule has 1 aromatic heterocycles. The summed E-state index contributed by atoms with van der Waals surface area (Å²) < 4.78 is 30.9. The second-order valence-electron chi connectivity index (χ2n) is 8.86. The smallest absolute Gasteiger partial charge is 0.278 e. The van der Waals surface area contributed by atoms with Crippen LogP contribution >= 0.6 is 11.8 Å². The Morgan fingerprint density at radius 3 is 2.67 bits per heavy atom. The molecule has 1 saturated heterocycles. The zero-order chi connectivity index (χ0) is 25.1. The lowest BCUT2D eigenvalue weighted by Gasteiger charge is -2.51. The standard InChI is InChI=1S/C25H20F2N4O4S/c26-17-6-5-14-16(21(17)27)12-36-19-4-2-1-3-15(19)22(14)31-20-11-13(28-35)7-9-29(20)25(34)23-24(33)18(32)8-10-30(23)31/h1-6,8,10,20,22,33,35H,7,9,11-12H2/b28-13+/t20-,22+/m1/s1. The first-order valence-corrected chi connectivity index (χ1v) is 12.3. The number of nitrogens with zero attached hydrogens (tertiary/aromatic N) is 4. The molecule has 36 heavy (non-hydrogen) atoms. The van der Waals surface area contributed by atoms with Gasteiger partial charge < -0.3 is 15.2 Å². The number of aromatic hydroxyl groups is 1. The van der Waals surface area contributed by atoms with Gasteiger partial charge >= 0.3 is 0 Å². The summed E-state index contributed by atoms with van der Waals surface area (Å²) in [4.78, 5) is 28.1. The Morgan fingerprint density at radius 1 is 1.06 bits per heavy atom. The summed E-state index contributed by atoms with van der Waals surface area (Å²) in [6.45, 7) is 0.190. The number of thioether (sulfide) groups is 1. The van der Waals surface area contributed by atoms with Gasteiger partial charge in [-0.25, -0.2) is 8.78 Å². The third kappa shape index (κ3) is 3.22. The number of halogens is 2. The van der Waals surface area contributed by atoms with Gasteiger partial charge in [0.05, 0.1) is 11.8 Å². The fraction of sp³-hybridized carbons (Fsp3) is 0.240. The van der Waals surface area contributed by atoms with Gasteiger partial charge in [0.2, 0.25) is 5.43 Å². The molecule has 2 aromatic carbocycles. The first-order valence-electron chi connectivity index (χ1n) is 11.3. The molecule has 1 amide bonds. The molecule has 3 aromatic rings. The zero-order valence-electron chi connectivity index (χ0n) is 18.8. The molecule has 8 nitrogen and oxygen atoms in total.